The van der Waals surface area contributed by atoms with Gasteiger partial charge in [-0.2, -0.15) is 0 Å². The first-order valence-corrected chi connectivity index (χ1v) is 9.71. The summed E-state index contributed by atoms with van der Waals surface area (Å²) in [6, 6.07) is 0. The summed E-state index contributed by atoms with van der Waals surface area (Å²) < 4.78 is 0. The van der Waals surface area contributed by atoms with E-state index < -0.39 is 5.97 Å². The number of aliphatic hydroxyl groups excluding tert-OH is 1. The van der Waals surface area contributed by atoms with Crippen LogP contribution in [0.3, 0.4) is 0 Å². The van der Waals surface area contributed by atoms with E-state index in [-0.39, 0.29) is 6.10 Å². The molecule has 0 aromatic heterocycles. The van der Waals surface area contributed by atoms with Crippen molar-refractivity contribution in [3.05, 3.63) is 12.2 Å². The first-order chi connectivity index (χ1) is 11.1. The van der Waals surface area contributed by atoms with E-state index in [0.29, 0.717) is 12.3 Å². The van der Waals surface area contributed by atoms with Crippen LogP contribution in [-0.4, -0.2) is 22.3 Å². The number of carbonyl (C=O) groups is 1. The molecule has 2 fully saturated rings. The number of carboxylic acid groups (broad SMARTS) is 1. The number of unbranched alkanes of at least 4 members (excludes halogenated alkanes) is 6. The standard InChI is InChI=1S/C20H34O3/c1-2-3-4-5-8-11-15-17-14-18(21)16(20(15)17)12-9-6-7-10-13-19(22)23/h8,11,15-18,20-21H,2-7,9-10,12-14H2,1H3,(H,22,23). The first kappa shape index (κ1) is 18.5. The molecule has 2 aliphatic carbocycles. The molecule has 0 aliphatic heterocycles. The minimum atomic E-state index is -0.689. The fourth-order valence-corrected chi connectivity index (χ4v) is 4.49. The molecule has 0 amide bonds. The van der Waals surface area contributed by atoms with E-state index in [1.807, 2.05) is 0 Å². The fraction of sp³-hybridized carbons (Fsp3) is 0.850. The maximum absolute atomic E-state index is 10.5. The maximum atomic E-state index is 10.5. The third-order valence-electron chi connectivity index (χ3n) is 5.81. The molecular weight excluding hydrogens is 288 g/mol. The van der Waals surface area contributed by atoms with E-state index in [1.165, 1.54) is 25.7 Å². The van der Waals surface area contributed by atoms with Crippen molar-refractivity contribution in [2.24, 2.45) is 23.7 Å². The molecule has 0 aromatic rings. The molecule has 5 unspecified atom stereocenters. The van der Waals surface area contributed by atoms with Crippen molar-refractivity contribution in [1.82, 2.24) is 0 Å². The summed E-state index contributed by atoms with van der Waals surface area (Å²) in [6.07, 6.45) is 16.3. The van der Waals surface area contributed by atoms with Crippen molar-refractivity contribution in [2.45, 2.75) is 83.7 Å². The van der Waals surface area contributed by atoms with Crippen molar-refractivity contribution >= 4 is 5.97 Å². The molecule has 3 heteroatoms. The average Bonchev–Trinajstić information content (AvgIpc) is 3.06. The molecule has 3 nitrogen and oxygen atoms in total. The van der Waals surface area contributed by atoms with Gasteiger partial charge in [0.25, 0.3) is 0 Å². The van der Waals surface area contributed by atoms with E-state index >= 15 is 0 Å². The third-order valence-corrected chi connectivity index (χ3v) is 5.81. The van der Waals surface area contributed by atoms with Crippen LogP contribution < -0.4 is 0 Å². The molecule has 5 atom stereocenters. The highest BCUT2D eigenvalue weighted by Crippen LogP contribution is 2.62. The number of hydrogen-bond donors (Lipinski definition) is 2. The van der Waals surface area contributed by atoms with Crippen LogP contribution in [0, 0.1) is 23.7 Å². The van der Waals surface area contributed by atoms with Gasteiger partial charge in [0.2, 0.25) is 0 Å². The largest absolute Gasteiger partial charge is 0.481 e. The SMILES string of the molecule is CCCCCC=CC1C2CC(O)C(CCCCCCC(=O)O)C12. The molecular formula is C20H34O3. The molecule has 0 saturated heterocycles. The second-order valence-electron chi connectivity index (χ2n) is 7.56. The van der Waals surface area contributed by atoms with Gasteiger partial charge in [0.1, 0.15) is 0 Å². The van der Waals surface area contributed by atoms with Crippen LogP contribution in [0.4, 0.5) is 0 Å². The predicted molar refractivity (Wildman–Crippen MR) is 93.2 cm³/mol. The van der Waals surface area contributed by atoms with Crippen LogP contribution in [0.15, 0.2) is 12.2 Å². The number of hydrogen-bond acceptors (Lipinski definition) is 2. The molecule has 2 aliphatic rings. The summed E-state index contributed by atoms with van der Waals surface area (Å²) in [7, 11) is 0. The second kappa shape index (κ2) is 9.46. The predicted octanol–water partition coefficient (Wildman–Crippen LogP) is 4.79. The Morgan fingerprint density at radius 2 is 1.91 bits per heavy atom. The quantitative estimate of drug-likeness (QED) is 0.401. The molecule has 0 heterocycles. The number of carboxylic acids is 1. The Bertz CT molecular complexity index is 390. The van der Waals surface area contributed by atoms with Gasteiger partial charge in [-0.15, -0.1) is 0 Å². The molecule has 0 spiro atoms. The molecule has 0 aromatic carbocycles. The highest BCUT2D eigenvalue weighted by molar-refractivity contribution is 5.66. The van der Waals surface area contributed by atoms with Crippen LogP contribution in [0.25, 0.3) is 0 Å². The molecule has 0 bridgehead atoms. The Kier molecular flexibility index (Phi) is 7.61. The Labute approximate surface area is 141 Å². The van der Waals surface area contributed by atoms with Gasteiger partial charge >= 0.3 is 5.97 Å². The van der Waals surface area contributed by atoms with Gasteiger partial charge in [-0.3, -0.25) is 4.79 Å². The van der Waals surface area contributed by atoms with Crippen LogP contribution >= 0.6 is 0 Å². The number of allylic oxidation sites excluding steroid dienone is 2. The Balaban J connectivity index is 1.60. The average molecular weight is 322 g/mol. The molecule has 2 rings (SSSR count). The number of rotatable bonds is 12. The van der Waals surface area contributed by atoms with Gasteiger partial charge in [-0.25, -0.2) is 0 Å². The van der Waals surface area contributed by atoms with Crippen molar-refractivity contribution in [2.75, 3.05) is 0 Å². The lowest BCUT2D eigenvalue weighted by Crippen LogP contribution is -2.19. The van der Waals surface area contributed by atoms with Gasteiger partial charge in [0.15, 0.2) is 0 Å². The number of fused-ring (bicyclic) bond motifs is 1. The van der Waals surface area contributed by atoms with Gasteiger partial charge in [0, 0.05) is 6.42 Å². The van der Waals surface area contributed by atoms with E-state index in [0.717, 1.165) is 56.3 Å². The zero-order valence-corrected chi connectivity index (χ0v) is 14.6. The lowest BCUT2D eigenvalue weighted by Gasteiger charge is -2.19. The molecule has 2 saturated carbocycles. The lowest BCUT2D eigenvalue weighted by molar-refractivity contribution is -0.137. The third kappa shape index (κ3) is 5.63. The Morgan fingerprint density at radius 1 is 1.13 bits per heavy atom. The molecule has 132 valence electrons. The molecule has 2 N–H and O–H groups in total. The molecule has 23 heavy (non-hydrogen) atoms. The normalized spacial score (nSPS) is 32.3. The smallest absolute Gasteiger partial charge is 0.303 e. The fourth-order valence-electron chi connectivity index (χ4n) is 4.49. The number of aliphatic carboxylic acids is 1. The minimum absolute atomic E-state index is 0.0891. The summed E-state index contributed by atoms with van der Waals surface area (Å²) in [5.41, 5.74) is 0. The van der Waals surface area contributed by atoms with Crippen LogP contribution in [0.1, 0.15) is 77.6 Å². The Morgan fingerprint density at radius 3 is 2.65 bits per heavy atom. The van der Waals surface area contributed by atoms with Crippen molar-refractivity contribution in [1.29, 1.82) is 0 Å². The summed E-state index contributed by atoms with van der Waals surface area (Å²) in [5.74, 6) is 2.00. The zero-order valence-electron chi connectivity index (χ0n) is 14.6. The Hall–Kier alpha value is -0.830. The minimum Gasteiger partial charge on any atom is -0.481 e. The number of aliphatic hydroxyl groups is 1. The van der Waals surface area contributed by atoms with Crippen molar-refractivity contribution in [3.8, 4) is 0 Å². The van der Waals surface area contributed by atoms with Gasteiger partial charge in [0.05, 0.1) is 6.10 Å². The van der Waals surface area contributed by atoms with Crippen molar-refractivity contribution < 1.29 is 15.0 Å². The van der Waals surface area contributed by atoms with Crippen LogP contribution in [0.5, 0.6) is 0 Å². The van der Waals surface area contributed by atoms with E-state index in [1.54, 1.807) is 0 Å². The van der Waals surface area contributed by atoms with Gasteiger partial charge in [-0.1, -0.05) is 51.2 Å². The molecule has 0 radical (unpaired) electrons. The van der Waals surface area contributed by atoms with Gasteiger partial charge < -0.3 is 10.2 Å². The van der Waals surface area contributed by atoms with Crippen molar-refractivity contribution in [3.63, 3.8) is 0 Å². The zero-order chi connectivity index (χ0) is 16.7. The van der Waals surface area contributed by atoms with E-state index in [9.17, 15) is 9.90 Å². The summed E-state index contributed by atoms with van der Waals surface area (Å²) >= 11 is 0. The van der Waals surface area contributed by atoms with Crippen LogP contribution in [0.2, 0.25) is 0 Å². The first-order valence-electron chi connectivity index (χ1n) is 9.71. The summed E-state index contributed by atoms with van der Waals surface area (Å²) in [6.45, 7) is 2.24. The highest BCUT2D eigenvalue weighted by Gasteiger charge is 2.59. The summed E-state index contributed by atoms with van der Waals surface area (Å²) in [4.78, 5) is 10.5. The summed E-state index contributed by atoms with van der Waals surface area (Å²) in [5, 5.41) is 18.8. The van der Waals surface area contributed by atoms with Gasteiger partial charge in [-0.05, 0) is 55.8 Å². The lowest BCUT2D eigenvalue weighted by atomic mass is 9.91. The topological polar surface area (TPSA) is 57.5 Å². The maximum Gasteiger partial charge on any atom is 0.303 e. The highest BCUT2D eigenvalue weighted by atomic mass is 16.4. The van der Waals surface area contributed by atoms with E-state index in [4.69, 9.17) is 5.11 Å². The monoisotopic (exact) mass is 322 g/mol. The van der Waals surface area contributed by atoms with E-state index in [2.05, 4.69) is 19.1 Å². The van der Waals surface area contributed by atoms with Crippen LogP contribution in [-0.2, 0) is 4.79 Å². The second-order valence-corrected chi connectivity index (χ2v) is 7.56.